The molecule has 3 rings (SSSR count). The topological polar surface area (TPSA) is 88.8 Å². The molecule has 6 nitrogen and oxygen atoms in total. The first kappa shape index (κ1) is 26.1. The number of carboxylic acids is 1. The number of para-hydroxylation sites is 1. The second kappa shape index (κ2) is 10.6. The van der Waals surface area contributed by atoms with Crippen LogP contribution in [0.2, 0.25) is 0 Å². The van der Waals surface area contributed by atoms with Crippen LogP contribution in [0.4, 0.5) is 0 Å². The van der Waals surface area contributed by atoms with Gasteiger partial charge in [-0.25, -0.2) is 4.79 Å². The summed E-state index contributed by atoms with van der Waals surface area (Å²) < 4.78 is 8.58. The number of thiophene rings is 1. The molecule has 0 fully saturated rings. The highest BCUT2D eigenvalue weighted by Gasteiger charge is 2.32. The number of aryl methyl sites for hydroxylation is 3. The first-order valence-corrected chi connectivity index (χ1v) is 11.9. The summed E-state index contributed by atoms with van der Waals surface area (Å²) in [5.41, 5.74) is 1.25. The summed E-state index contributed by atoms with van der Waals surface area (Å²) in [5.74, 6) is -0.224. The predicted molar refractivity (Wildman–Crippen MR) is 133 cm³/mol. The molecule has 1 aromatic carbocycles. The summed E-state index contributed by atoms with van der Waals surface area (Å²) >= 11 is 5.05. The number of hydrogen-bond donors (Lipinski definition) is 2. The molecule has 174 valence electrons. The maximum absolute atomic E-state index is 13.1. The van der Waals surface area contributed by atoms with Gasteiger partial charge in [0, 0.05) is 17.0 Å². The Kier molecular flexibility index (Phi) is 8.67. The molecule has 0 amide bonds. The smallest absolute Gasteiger partial charge is 0.329 e. The predicted octanol–water partition coefficient (Wildman–Crippen LogP) is 5.13. The number of aromatic nitrogens is 1. The van der Waals surface area contributed by atoms with Crippen molar-refractivity contribution in [2.45, 2.75) is 59.1 Å². The highest BCUT2D eigenvalue weighted by Crippen LogP contribution is 2.36. The van der Waals surface area contributed by atoms with E-state index in [9.17, 15) is 14.7 Å². The van der Waals surface area contributed by atoms with Gasteiger partial charge in [0.1, 0.15) is 11.3 Å². The van der Waals surface area contributed by atoms with Crippen molar-refractivity contribution in [3.05, 3.63) is 61.3 Å². The summed E-state index contributed by atoms with van der Waals surface area (Å²) in [4.78, 5) is 24.9. The second-order valence-corrected chi connectivity index (χ2v) is 10.6. The van der Waals surface area contributed by atoms with Gasteiger partial charge in [0.15, 0.2) is 0 Å². The van der Waals surface area contributed by atoms with Crippen molar-refractivity contribution in [3.8, 4) is 5.75 Å². The van der Waals surface area contributed by atoms with Gasteiger partial charge in [0.05, 0.1) is 16.3 Å². The van der Waals surface area contributed by atoms with Gasteiger partial charge in [-0.1, -0.05) is 18.2 Å². The Morgan fingerprint density at radius 1 is 1.22 bits per heavy atom. The van der Waals surface area contributed by atoms with Crippen LogP contribution in [0.3, 0.4) is 0 Å². The Balaban J connectivity index is 0.000000837. The lowest BCUT2D eigenvalue weighted by atomic mass is 10.0. The van der Waals surface area contributed by atoms with Gasteiger partial charge in [0.25, 0.3) is 5.56 Å². The van der Waals surface area contributed by atoms with Crippen molar-refractivity contribution in [2.75, 3.05) is 7.11 Å². The van der Waals surface area contributed by atoms with E-state index in [1.165, 1.54) is 15.9 Å². The number of benzene rings is 1. The quantitative estimate of drug-likeness (QED) is 0.467. The van der Waals surface area contributed by atoms with Crippen LogP contribution in [0.25, 0.3) is 10.1 Å². The van der Waals surface area contributed by atoms with E-state index < -0.39 is 11.5 Å². The van der Waals surface area contributed by atoms with Crippen molar-refractivity contribution in [1.82, 2.24) is 4.57 Å². The number of fused-ring (bicyclic) bond motifs is 1. The Bertz CT molecular complexity index is 1160. The van der Waals surface area contributed by atoms with Gasteiger partial charge in [-0.15, -0.1) is 11.3 Å². The number of aliphatic hydroxyl groups is 1. The summed E-state index contributed by atoms with van der Waals surface area (Å²) in [6.45, 7) is 8.42. The molecule has 2 aromatic heterocycles. The molecule has 0 saturated carbocycles. The molecule has 8 heteroatoms. The molecule has 2 heterocycles. The SMILES string of the molecule is CC(C)O.COc1ccccc1CCc1cn(C(C)(C)C(=O)O)c(=O)c2c(C)c(Br)sc12. The molecule has 0 aliphatic heterocycles. The van der Waals surface area contributed by atoms with Gasteiger partial charge in [-0.2, -0.15) is 0 Å². The normalized spacial score (nSPS) is 11.4. The first-order valence-electron chi connectivity index (χ1n) is 10.3. The zero-order chi connectivity index (χ0) is 24.2. The van der Waals surface area contributed by atoms with Crippen LogP contribution in [0.5, 0.6) is 5.75 Å². The summed E-state index contributed by atoms with van der Waals surface area (Å²) in [6, 6.07) is 7.83. The number of aliphatic hydroxyl groups excluding tert-OH is 1. The van der Waals surface area contributed by atoms with Gasteiger partial charge < -0.3 is 14.9 Å². The number of hydrogen-bond acceptors (Lipinski definition) is 5. The van der Waals surface area contributed by atoms with Crippen molar-refractivity contribution in [2.24, 2.45) is 0 Å². The second-order valence-electron chi connectivity index (χ2n) is 8.30. The van der Waals surface area contributed by atoms with Crippen LogP contribution in [-0.2, 0) is 23.2 Å². The lowest BCUT2D eigenvalue weighted by Gasteiger charge is -2.24. The Morgan fingerprint density at radius 3 is 2.34 bits per heavy atom. The van der Waals surface area contributed by atoms with Crippen molar-refractivity contribution < 1.29 is 19.7 Å². The number of nitrogens with zero attached hydrogens (tertiary/aromatic N) is 1. The van der Waals surface area contributed by atoms with E-state index in [0.717, 1.165) is 37.3 Å². The average molecular weight is 524 g/mol. The molecule has 0 unspecified atom stereocenters. The number of aliphatic carboxylic acids is 1. The van der Waals surface area contributed by atoms with Crippen LogP contribution >= 0.6 is 27.3 Å². The molecule has 0 aliphatic carbocycles. The molecule has 2 N–H and O–H groups in total. The highest BCUT2D eigenvalue weighted by atomic mass is 79.9. The molecule has 0 saturated heterocycles. The minimum Gasteiger partial charge on any atom is -0.496 e. The molecule has 0 spiro atoms. The molecular formula is C24H30BrNO5S. The van der Waals surface area contributed by atoms with E-state index in [0.29, 0.717) is 11.8 Å². The minimum absolute atomic E-state index is 0.167. The third-order valence-electron chi connectivity index (χ3n) is 5.08. The Labute approximate surface area is 200 Å². The monoisotopic (exact) mass is 523 g/mol. The Hall–Kier alpha value is -2.16. The van der Waals surface area contributed by atoms with Crippen LogP contribution < -0.4 is 10.3 Å². The molecule has 0 radical (unpaired) electrons. The van der Waals surface area contributed by atoms with Crippen molar-refractivity contribution in [1.29, 1.82) is 0 Å². The van der Waals surface area contributed by atoms with Gasteiger partial charge >= 0.3 is 5.97 Å². The average Bonchev–Trinajstić information content (AvgIpc) is 3.02. The fourth-order valence-corrected chi connectivity index (χ4v) is 4.98. The molecule has 0 aliphatic rings. The first-order chi connectivity index (χ1) is 14.9. The van der Waals surface area contributed by atoms with E-state index in [1.54, 1.807) is 41.0 Å². The number of carbonyl (C=O) groups is 1. The van der Waals surface area contributed by atoms with E-state index >= 15 is 0 Å². The number of pyridine rings is 1. The highest BCUT2D eigenvalue weighted by molar-refractivity contribution is 9.11. The van der Waals surface area contributed by atoms with Crippen LogP contribution in [-0.4, -0.2) is 34.0 Å². The van der Waals surface area contributed by atoms with Crippen molar-refractivity contribution in [3.63, 3.8) is 0 Å². The standard InChI is InChI=1S/C21H22BrNO4S.C3H8O/c1-12-16-17(28-18(12)22)14(10-9-13-7-5-6-8-15(13)27-4)11-23(19(16)24)21(2,3)20(25)26;1-3(2)4/h5-8,11H,9-10H2,1-4H3,(H,25,26);3-4H,1-2H3. The summed E-state index contributed by atoms with van der Waals surface area (Å²) in [5, 5.41) is 18.3. The lowest BCUT2D eigenvalue weighted by molar-refractivity contribution is -0.145. The lowest BCUT2D eigenvalue weighted by Crippen LogP contribution is -2.42. The van der Waals surface area contributed by atoms with Gasteiger partial charge in [-0.05, 0) is 86.1 Å². The number of rotatable bonds is 6. The largest absolute Gasteiger partial charge is 0.496 e. The fourth-order valence-electron chi connectivity index (χ4n) is 3.24. The van der Waals surface area contributed by atoms with Crippen LogP contribution in [0.1, 0.15) is 44.4 Å². The molecule has 0 atom stereocenters. The third-order valence-corrected chi connectivity index (χ3v) is 7.32. The van der Waals surface area contributed by atoms with E-state index in [4.69, 9.17) is 9.84 Å². The van der Waals surface area contributed by atoms with E-state index in [1.807, 2.05) is 31.2 Å². The number of ether oxygens (including phenoxy) is 1. The molecule has 0 bridgehead atoms. The third kappa shape index (κ3) is 5.60. The van der Waals surface area contributed by atoms with E-state index in [-0.39, 0.29) is 11.7 Å². The fraction of sp³-hybridized carbons (Fsp3) is 0.417. The van der Waals surface area contributed by atoms with Gasteiger partial charge in [-0.3, -0.25) is 9.36 Å². The Morgan fingerprint density at radius 2 is 1.78 bits per heavy atom. The van der Waals surface area contributed by atoms with Crippen LogP contribution in [0, 0.1) is 6.92 Å². The molecule has 32 heavy (non-hydrogen) atoms. The van der Waals surface area contributed by atoms with Crippen molar-refractivity contribution >= 4 is 43.3 Å². The zero-order valence-corrected chi connectivity index (χ0v) is 21.6. The number of halogens is 1. The summed E-state index contributed by atoms with van der Waals surface area (Å²) in [7, 11) is 1.65. The zero-order valence-electron chi connectivity index (χ0n) is 19.2. The van der Waals surface area contributed by atoms with Crippen LogP contribution in [0.15, 0.2) is 39.0 Å². The molecular weight excluding hydrogens is 494 g/mol. The maximum Gasteiger partial charge on any atom is 0.329 e. The summed E-state index contributed by atoms with van der Waals surface area (Å²) in [6.07, 6.45) is 2.93. The molecule has 3 aromatic rings. The number of methoxy groups -OCH3 is 1. The van der Waals surface area contributed by atoms with E-state index in [2.05, 4.69) is 15.9 Å². The number of carboxylic acid groups (broad SMARTS) is 1. The minimum atomic E-state index is -1.34. The maximum atomic E-state index is 13.1. The van der Waals surface area contributed by atoms with Gasteiger partial charge in [0.2, 0.25) is 0 Å².